The van der Waals surface area contributed by atoms with E-state index in [1.165, 1.54) is 0 Å². The summed E-state index contributed by atoms with van der Waals surface area (Å²) in [5, 5.41) is 11.7. The van der Waals surface area contributed by atoms with Gasteiger partial charge in [-0.2, -0.15) is 0 Å². The van der Waals surface area contributed by atoms with E-state index >= 15 is 0 Å². The quantitative estimate of drug-likeness (QED) is 0.757. The van der Waals surface area contributed by atoms with Gasteiger partial charge in [0.15, 0.2) is 0 Å². The van der Waals surface area contributed by atoms with Crippen molar-refractivity contribution in [3.63, 3.8) is 0 Å². The van der Waals surface area contributed by atoms with Gasteiger partial charge in [0.05, 0.1) is 0 Å². The van der Waals surface area contributed by atoms with Crippen LogP contribution >= 0.6 is 15.9 Å². The standard InChI is InChI=1S/C16H13BrO2/c1-16(18,12-6-8-13(17)9-7-12)15-10-11-4-2-3-5-14(11)19-15/h2-10,18H,1H3. The van der Waals surface area contributed by atoms with Crippen molar-refractivity contribution < 1.29 is 9.52 Å². The molecular weight excluding hydrogens is 304 g/mol. The van der Waals surface area contributed by atoms with Gasteiger partial charge in [-0.15, -0.1) is 0 Å². The lowest BCUT2D eigenvalue weighted by molar-refractivity contribution is 0.0786. The van der Waals surface area contributed by atoms with E-state index in [1.54, 1.807) is 6.92 Å². The SMILES string of the molecule is CC(O)(c1ccc(Br)cc1)c1cc2ccccc2o1. The molecule has 96 valence electrons. The predicted molar refractivity (Wildman–Crippen MR) is 79.0 cm³/mol. The van der Waals surface area contributed by atoms with Crippen molar-refractivity contribution in [3.8, 4) is 0 Å². The highest BCUT2D eigenvalue weighted by Crippen LogP contribution is 2.33. The number of benzene rings is 2. The molecule has 0 saturated heterocycles. The lowest BCUT2D eigenvalue weighted by Gasteiger charge is -2.21. The number of rotatable bonds is 2. The fraction of sp³-hybridized carbons (Fsp3) is 0.125. The Morgan fingerprint density at radius 2 is 1.74 bits per heavy atom. The highest BCUT2D eigenvalue weighted by atomic mass is 79.9. The highest BCUT2D eigenvalue weighted by Gasteiger charge is 2.29. The number of halogens is 1. The average Bonchev–Trinajstić information content (AvgIpc) is 2.83. The topological polar surface area (TPSA) is 33.4 Å². The average molecular weight is 317 g/mol. The van der Waals surface area contributed by atoms with E-state index in [4.69, 9.17) is 4.42 Å². The summed E-state index contributed by atoms with van der Waals surface area (Å²) in [6.07, 6.45) is 0. The molecule has 1 atom stereocenters. The molecule has 3 heteroatoms. The Morgan fingerprint density at radius 1 is 1.05 bits per heavy atom. The Morgan fingerprint density at radius 3 is 2.42 bits per heavy atom. The molecule has 0 radical (unpaired) electrons. The Bertz CT molecular complexity index is 678. The zero-order chi connectivity index (χ0) is 13.5. The van der Waals surface area contributed by atoms with Gasteiger partial charge in [0.2, 0.25) is 0 Å². The van der Waals surface area contributed by atoms with Gasteiger partial charge in [0, 0.05) is 9.86 Å². The second kappa shape index (κ2) is 4.51. The van der Waals surface area contributed by atoms with Crippen LogP contribution in [-0.4, -0.2) is 5.11 Å². The van der Waals surface area contributed by atoms with Crippen LogP contribution in [0.15, 0.2) is 63.5 Å². The van der Waals surface area contributed by atoms with Crippen LogP contribution in [0.3, 0.4) is 0 Å². The molecule has 0 fully saturated rings. The second-order valence-electron chi connectivity index (χ2n) is 4.73. The summed E-state index contributed by atoms with van der Waals surface area (Å²) in [6, 6.07) is 17.2. The summed E-state index contributed by atoms with van der Waals surface area (Å²) < 4.78 is 6.74. The first kappa shape index (κ1) is 12.5. The zero-order valence-electron chi connectivity index (χ0n) is 10.4. The maximum Gasteiger partial charge on any atom is 0.144 e. The van der Waals surface area contributed by atoms with E-state index < -0.39 is 5.60 Å². The van der Waals surface area contributed by atoms with E-state index in [0.717, 1.165) is 21.0 Å². The molecule has 0 bridgehead atoms. The second-order valence-corrected chi connectivity index (χ2v) is 5.64. The van der Waals surface area contributed by atoms with Crippen molar-refractivity contribution in [1.29, 1.82) is 0 Å². The Kier molecular flexibility index (Phi) is 2.96. The number of furan rings is 1. The minimum atomic E-state index is -1.14. The lowest BCUT2D eigenvalue weighted by Crippen LogP contribution is -2.21. The normalized spacial score (nSPS) is 14.5. The summed E-state index contributed by atoms with van der Waals surface area (Å²) in [5.74, 6) is 0.552. The fourth-order valence-electron chi connectivity index (χ4n) is 2.14. The molecule has 0 spiro atoms. The number of hydrogen-bond donors (Lipinski definition) is 1. The van der Waals surface area contributed by atoms with Gasteiger partial charge in [0.25, 0.3) is 0 Å². The Hall–Kier alpha value is -1.58. The van der Waals surface area contributed by atoms with E-state index in [-0.39, 0.29) is 0 Å². The molecule has 0 saturated carbocycles. The number of hydrogen-bond acceptors (Lipinski definition) is 2. The molecule has 2 nitrogen and oxygen atoms in total. The van der Waals surface area contributed by atoms with Gasteiger partial charge in [-0.25, -0.2) is 0 Å². The summed E-state index contributed by atoms with van der Waals surface area (Å²) in [5.41, 5.74) is 0.448. The van der Waals surface area contributed by atoms with Crippen molar-refractivity contribution in [2.75, 3.05) is 0 Å². The van der Waals surface area contributed by atoms with Crippen LogP contribution in [-0.2, 0) is 5.60 Å². The van der Waals surface area contributed by atoms with E-state index in [1.807, 2.05) is 54.6 Å². The Balaban J connectivity index is 2.10. The van der Waals surface area contributed by atoms with Crippen molar-refractivity contribution in [3.05, 3.63) is 70.4 Å². The van der Waals surface area contributed by atoms with Gasteiger partial charge in [-0.3, -0.25) is 0 Å². The predicted octanol–water partition coefficient (Wildman–Crippen LogP) is 4.45. The lowest BCUT2D eigenvalue weighted by atomic mass is 9.93. The van der Waals surface area contributed by atoms with Crippen LogP contribution in [0.25, 0.3) is 11.0 Å². The van der Waals surface area contributed by atoms with Crippen molar-refractivity contribution in [1.82, 2.24) is 0 Å². The van der Waals surface area contributed by atoms with Gasteiger partial charge in [0.1, 0.15) is 16.9 Å². The molecular formula is C16H13BrO2. The van der Waals surface area contributed by atoms with Crippen LogP contribution in [0.2, 0.25) is 0 Å². The van der Waals surface area contributed by atoms with Crippen molar-refractivity contribution in [2.24, 2.45) is 0 Å². The molecule has 3 rings (SSSR count). The summed E-state index contributed by atoms with van der Waals surface area (Å²) in [6.45, 7) is 1.74. The van der Waals surface area contributed by atoms with Crippen LogP contribution in [0, 0.1) is 0 Å². The zero-order valence-corrected chi connectivity index (χ0v) is 12.0. The van der Waals surface area contributed by atoms with Crippen LogP contribution in [0.4, 0.5) is 0 Å². The third-order valence-corrected chi connectivity index (χ3v) is 3.84. The largest absolute Gasteiger partial charge is 0.458 e. The maximum atomic E-state index is 10.7. The summed E-state index contributed by atoms with van der Waals surface area (Å²) >= 11 is 3.39. The third-order valence-electron chi connectivity index (χ3n) is 3.31. The number of para-hydroxylation sites is 1. The smallest absolute Gasteiger partial charge is 0.144 e. The molecule has 1 aromatic heterocycles. The van der Waals surface area contributed by atoms with Crippen LogP contribution in [0.1, 0.15) is 18.2 Å². The molecule has 0 amide bonds. The van der Waals surface area contributed by atoms with Crippen molar-refractivity contribution >= 4 is 26.9 Å². The fourth-order valence-corrected chi connectivity index (χ4v) is 2.40. The summed E-state index contributed by atoms with van der Waals surface area (Å²) in [7, 11) is 0. The van der Waals surface area contributed by atoms with E-state index in [0.29, 0.717) is 5.76 Å². The first-order valence-corrected chi connectivity index (χ1v) is 6.84. The van der Waals surface area contributed by atoms with Gasteiger partial charge >= 0.3 is 0 Å². The van der Waals surface area contributed by atoms with E-state index in [9.17, 15) is 5.11 Å². The van der Waals surface area contributed by atoms with E-state index in [2.05, 4.69) is 15.9 Å². The molecule has 2 aromatic carbocycles. The van der Waals surface area contributed by atoms with Gasteiger partial charge in [-0.1, -0.05) is 46.3 Å². The van der Waals surface area contributed by atoms with Gasteiger partial charge < -0.3 is 9.52 Å². The minimum Gasteiger partial charge on any atom is -0.458 e. The van der Waals surface area contributed by atoms with Crippen molar-refractivity contribution in [2.45, 2.75) is 12.5 Å². The molecule has 3 aromatic rings. The minimum absolute atomic E-state index is 0.552. The molecule has 0 aliphatic heterocycles. The summed E-state index contributed by atoms with van der Waals surface area (Å²) in [4.78, 5) is 0. The molecule has 1 N–H and O–H groups in total. The maximum absolute atomic E-state index is 10.7. The molecule has 0 aliphatic carbocycles. The number of aliphatic hydroxyl groups is 1. The van der Waals surface area contributed by atoms with Crippen LogP contribution in [0.5, 0.6) is 0 Å². The molecule has 1 heterocycles. The van der Waals surface area contributed by atoms with Crippen LogP contribution < -0.4 is 0 Å². The highest BCUT2D eigenvalue weighted by molar-refractivity contribution is 9.10. The molecule has 1 unspecified atom stereocenters. The first-order chi connectivity index (χ1) is 9.07. The first-order valence-electron chi connectivity index (χ1n) is 6.05. The van der Waals surface area contributed by atoms with Gasteiger partial charge in [-0.05, 0) is 36.8 Å². The molecule has 19 heavy (non-hydrogen) atoms. The third kappa shape index (κ3) is 2.20. The number of fused-ring (bicyclic) bond motifs is 1. The molecule has 0 aliphatic rings. The monoisotopic (exact) mass is 316 g/mol. The Labute approximate surface area is 119 Å².